The number of nitrogens with zero attached hydrogens (tertiary/aromatic N) is 2. The van der Waals surface area contributed by atoms with Crippen LogP contribution in [-0.4, -0.2) is 15.5 Å². The molecule has 1 atom stereocenters. The maximum atomic E-state index is 13.9. The normalized spacial score (nSPS) is 12.3. The molecule has 0 saturated carbocycles. The van der Waals surface area contributed by atoms with Gasteiger partial charge in [-0.15, -0.1) is 0 Å². The zero-order valence-corrected chi connectivity index (χ0v) is 19.2. The first-order valence-electron chi connectivity index (χ1n) is 11.2. The third kappa shape index (κ3) is 5.31. The first-order chi connectivity index (χ1) is 16.4. The summed E-state index contributed by atoms with van der Waals surface area (Å²) in [5.41, 5.74) is 3.72. The van der Waals surface area contributed by atoms with E-state index < -0.39 is 17.7 Å². The average Bonchev–Trinajstić information content (AvgIpc) is 3.21. The molecule has 1 unspecified atom stereocenters. The van der Waals surface area contributed by atoms with Crippen LogP contribution in [0.4, 0.5) is 8.78 Å². The highest BCUT2D eigenvalue weighted by Gasteiger charge is 2.26. The molecular weight excluding hydrogens is 436 g/mol. The van der Waals surface area contributed by atoms with Crippen LogP contribution in [0.1, 0.15) is 36.6 Å². The highest BCUT2D eigenvalue weighted by atomic mass is 19.2. The summed E-state index contributed by atoms with van der Waals surface area (Å²) in [5, 5.41) is 3.00. The molecule has 4 rings (SSSR count). The first-order valence-corrected chi connectivity index (χ1v) is 11.2. The number of rotatable bonds is 9. The number of amides is 1. The van der Waals surface area contributed by atoms with E-state index in [1.807, 2.05) is 68.4 Å². The van der Waals surface area contributed by atoms with Crippen LogP contribution in [0.2, 0.25) is 0 Å². The largest absolute Gasteiger partial charge is 0.372 e. The van der Waals surface area contributed by atoms with E-state index in [9.17, 15) is 13.6 Å². The highest BCUT2D eigenvalue weighted by Crippen LogP contribution is 2.26. The van der Waals surface area contributed by atoms with Crippen LogP contribution < -0.4 is 5.32 Å². The Morgan fingerprint density at radius 1 is 0.971 bits per heavy atom. The fourth-order valence-electron chi connectivity index (χ4n) is 4.01. The van der Waals surface area contributed by atoms with Gasteiger partial charge < -0.3 is 14.6 Å². The number of benzene rings is 3. The number of carbonyl (C=O) groups excluding carboxylic acids is 1. The van der Waals surface area contributed by atoms with Gasteiger partial charge in [-0.05, 0) is 22.6 Å². The van der Waals surface area contributed by atoms with Gasteiger partial charge in [0.15, 0.2) is 11.6 Å². The quantitative estimate of drug-likeness (QED) is 0.354. The van der Waals surface area contributed by atoms with Gasteiger partial charge in [0.25, 0.3) is 0 Å². The standard InChI is InChI=1S/C27H27F2N3O2/c1-18(2)26(32-17-31-24-12-22(28)23(29)13-25(24)32)27(33)30-14-20-10-6-7-11-21(20)16-34-15-19-8-4-3-5-9-19/h3-13,17-18,26H,14-16H2,1-2H3,(H,30,33). The van der Waals surface area contributed by atoms with Crippen molar-refractivity contribution < 1.29 is 18.3 Å². The van der Waals surface area contributed by atoms with Crippen molar-refractivity contribution in [3.63, 3.8) is 0 Å². The lowest BCUT2D eigenvalue weighted by atomic mass is 10.0. The highest BCUT2D eigenvalue weighted by molar-refractivity contribution is 5.84. The van der Waals surface area contributed by atoms with Gasteiger partial charge in [-0.3, -0.25) is 4.79 Å². The summed E-state index contributed by atoms with van der Waals surface area (Å²) < 4.78 is 34.9. The van der Waals surface area contributed by atoms with E-state index >= 15 is 0 Å². The van der Waals surface area contributed by atoms with E-state index in [0.717, 1.165) is 28.8 Å². The van der Waals surface area contributed by atoms with E-state index in [2.05, 4.69) is 10.3 Å². The maximum Gasteiger partial charge on any atom is 0.243 e. The lowest BCUT2D eigenvalue weighted by molar-refractivity contribution is -0.125. The molecule has 0 saturated heterocycles. The number of halogens is 2. The SMILES string of the molecule is CC(C)C(C(=O)NCc1ccccc1COCc1ccccc1)n1cnc2cc(F)c(F)cc21. The summed E-state index contributed by atoms with van der Waals surface area (Å²) >= 11 is 0. The summed E-state index contributed by atoms with van der Waals surface area (Å²) in [4.78, 5) is 17.4. The molecule has 0 radical (unpaired) electrons. The summed E-state index contributed by atoms with van der Waals surface area (Å²) in [6, 6.07) is 19.2. The van der Waals surface area contributed by atoms with Crippen molar-refractivity contribution >= 4 is 16.9 Å². The number of hydrogen-bond donors (Lipinski definition) is 1. The van der Waals surface area contributed by atoms with Crippen molar-refractivity contribution in [1.29, 1.82) is 0 Å². The average molecular weight is 464 g/mol. The summed E-state index contributed by atoms with van der Waals surface area (Å²) in [5.74, 6) is -2.26. The molecule has 4 aromatic rings. The van der Waals surface area contributed by atoms with E-state index in [1.165, 1.54) is 6.33 Å². The van der Waals surface area contributed by atoms with Gasteiger partial charge in [0.05, 0.1) is 30.6 Å². The molecule has 0 bridgehead atoms. The van der Waals surface area contributed by atoms with Crippen molar-refractivity contribution in [3.8, 4) is 0 Å². The Morgan fingerprint density at radius 2 is 1.65 bits per heavy atom. The van der Waals surface area contributed by atoms with Crippen molar-refractivity contribution in [2.75, 3.05) is 0 Å². The van der Waals surface area contributed by atoms with Crippen LogP contribution in [0, 0.1) is 17.6 Å². The lowest BCUT2D eigenvalue weighted by Crippen LogP contribution is -2.35. The van der Waals surface area contributed by atoms with Gasteiger partial charge >= 0.3 is 0 Å². The smallest absolute Gasteiger partial charge is 0.243 e. The van der Waals surface area contributed by atoms with E-state index in [1.54, 1.807) is 4.57 Å². The predicted molar refractivity (Wildman–Crippen MR) is 127 cm³/mol. The molecule has 1 N–H and O–H groups in total. The Morgan fingerprint density at radius 3 is 2.38 bits per heavy atom. The van der Waals surface area contributed by atoms with Crippen LogP contribution >= 0.6 is 0 Å². The molecule has 3 aromatic carbocycles. The number of imidazole rings is 1. The topological polar surface area (TPSA) is 56.1 Å². The fraction of sp³-hybridized carbons (Fsp3) is 0.259. The van der Waals surface area contributed by atoms with Crippen molar-refractivity contribution in [2.45, 2.75) is 39.6 Å². The zero-order valence-electron chi connectivity index (χ0n) is 19.2. The van der Waals surface area contributed by atoms with Crippen molar-refractivity contribution in [1.82, 2.24) is 14.9 Å². The lowest BCUT2D eigenvalue weighted by Gasteiger charge is -2.23. The van der Waals surface area contributed by atoms with Gasteiger partial charge in [0.1, 0.15) is 6.04 Å². The maximum absolute atomic E-state index is 13.9. The molecule has 176 valence electrons. The molecule has 7 heteroatoms. The molecule has 1 amide bonds. The van der Waals surface area contributed by atoms with Crippen molar-refractivity contribution in [3.05, 3.63) is 101 Å². The molecule has 0 fully saturated rings. The van der Waals surface area contributed by atoms with Crippen LogP contribution in [0.15, 0.2) is 73.1 Å². The molecule has 34 heavy (non-hydrogen) atoms. The second-order valence-corrected chi connectivity index (χ2v) is 8.56. The minimum atomic E-state index is -0.971. The van der Waals surface area contributed by atoms with Crippen LogP contribution in [0.5, 0.6) is 0 Å². The van der Waals surface area contributed by atoms with Crippen molar-refractivity contribution in [2.24, 2.45) is 5.92 Å². The van der Waals surface area contributed by atoms with Crippen LogP contribution in [0.25, 0.3) is 11.0 Å². The number of carbonyl (C=O) groups is 1. The number of fused-ring (bicyclic) bond motifs is 1. The third-order valence-corrected chi connectivity index (χ3v) is 5.76. The molecule has 1 heterocycles. The molecular formula is C27H27F2N3O2. The van der Waals surface area contributed by atoms with Gasteiger partial charge in [0.2, 0.25) is 5.91 Å². The monoisotopic (exact) mass is 463 g/mol. The summed E-state index contributed by atoms with van der Waals surface area (Å²) in [7, 11) is 0. The van der Waals surface area contributed by atoms with Crippen LogP contribution in [0.3, 0.4) is 0 Å². The second kappa shape index (κ2) is 10.6. The molecule has 0 spiro atoms. The van der Waals surface area contributed by atoms with E-state index in [0.29, 0.717) is 30.8 Å². The Balaban J connectivity index is 1.46. The number of nitrogens with one attached hydrogen (secondary N) is 1. The van der Waals surface area contributed by atoms with E-state index in [-0.39, 0.29) is 11.8 Å². The Labute approximate surface area is 197 Å². The number of aromatic nitrogens is 2. The Bertz CT molecular complexity index is 1270. The summed E-state index contributed by atoms with van der Waals surface area (Å²) in [6.45, 7) is 5.05. The van der Waals surface area contributed by atoms with Gasteiger partial charge in [-0.25, -0.2) is 13.8 Å². The zero-order chi connectivity index (χ0) is 24.1. The molecule has 1 aromatic heterocycles. The van der Waals surface area contributed by atoms with Gasteiger partial charge in [-0.2, -0.15) is 0 Å². The number of hydrogen-bond acceptors (Lipinski definition) is 3. The minimum absolute atomic E-state index is 0.102. The predicted octanol–water partition coefficient (Wildman–Crippen LogP) is 5.54. The number of ether oxygens (including phenoxy) is 1. The molecule has 0 aliphatic rings. The fourth-order valence-corrected chi connectivity index (χ4v) is 4.01. The molecule has 0 aliphatic heterocycles. The van der Waals surface area contributed by atoms with E-state index in [4.69, 9.17) is 4.74 Å². The molecule has 0 aliphatic carbocycles. The molecule has 5 nitrogen and oxygen atoms in total. The van der Waals surface area contributed by atoms with Gasteiger partial charge in [0, 0.05) is 18.7 Å². The third-order valence-electron chi connectivity index (χ3n) is 5.76. The van der Waals surface area contributed by atoms with Gasteiger partial charge in [-0.1, -0.05) is 68.4 Å². The summed E-state index contributed by atoms with van der Waals surface area (Å²) in [6.07, 6.45) is 1.46. The minimum Gasteiger partial charge on any atom is -0.372 e. The second-order valence-electron chi connectivity index (χ2n) is 8.56. The Kier molecular flexibility index (Phi) is 7.33. The Hall–Kier alpha value is -3.58. The first kappa shape index (κ1) is 23.6. The van der Waals surface area contributed by atoms with Crippen LogP contribution in [-0.2, 0) is 29.3 Å².